The summed E-state index contributed by atoms with van der Waals surface area (Å²) in [6.45, 7) is 6.37. The fraction of sp³-hybridized carbons (Fsp3) is 0.600. The number of ether oxygens (including phenoxy) is 1. The monoisotopic (exact) mass is 261 g/mol. The van der Waals surface area contributed by atoms with Gasteiger partial charge in [-0.05, 0) is 18.6 Å². The molecule has 2 fully saturated rings. The van der Waals surface area contributed by atoms with Crippen LogP contribution in [0.15, 0.2) is 30.3 Å². The van der Waals surface area contributed by atoms with Gasteiger partial charge in [0.1, 0.15) is 0 Å². The first-order valence-electron chi connectivity index (χ1n) is 7.27. The lowest BCUT2D eigenvalue weighted by Gasteiger charge is -2.41. The van der Waals surface area contributed by atoms with Crippen LogP contribution in [0.2, 0.25) is 0 Å². The molecule has 2 aliphatic heterocycles. The average Bonchev–Trinajstić information content (AvgIpc) is 2.44. The van der Waals surface area contributed by atoms with E-state index in [0.29, 0.717) is 12.2 Å². The van der Waals surface area contributed by atoms with Crippen LogP contribution in [0.3, 0.4) is 0 Å². The van der Waals surface area contributed by atoms with Crippen LogP contribution in [-0.2, 0) is 4.74 Å². The van der Waals surface area contributed by atoms with E-state index in [0.717, 1.165) is 39.3 Å². The molecule has 2 heterocycles. The van der Waals surface area contributed by atoms with Gasteiger partial charge in [0, 0.05) is 45.0 Å². The number of hydrogen-bond acceptors (Lipinski definition) is 4. The minimum atomic E-state index is 0.398. The van der Waals surface area contributed by atoms with E-state index in [4.69, 9.17) is 4.74 Å². The summed E-state index contributed by atoms with van der Waals surface area (Å²) < 4.78 is 5.91. The van der Waals surface area contributed by atoms with E-state index in [1.54, 1.807) is 0 Å². The predicted molar refractivity (Wildman–Crippen MR) is 77.5 cm³/mol. The first-order chi connectivity index (χ1) is 9.40. The second kappa shape index (κ2) is 6.37. The Morgan fingerprint density at radius 2 is 1.89 bits per heavy atom. The molecule has 1 aromatic carbocycles. The number of morpholine rings is 2. The minimum absolute atomic E-state index is 0.398. The molecule has 2 unspecified atom stereocenters. The van der Waals surface area contributed by atoms with Crippen LogP contribution in [0.1, 0.15) is 6.42 Å². The fourth-order valence-corrected chi connectivity index (χ4v) is 2.91. The third-order valence-electron chi connectivity index (χ3n) is 3.81. The molecule has 2 atom stereocenters. The average molecular weight is 261 g/mol. The van der Waals surface area contributed by atoms with E-state index in [-0.39, 0.29) is 0 Å². The van der Waals surface area contributed by atoms with Crippen molar-refractivity contribution in [3.8, 4) is 0 Å². The maximum Gasteiger partial charge on any atom is 0.0831 e. The SMILES string of the molecule is c1ccc(NCCCN2CC3CNCC(C2)O3)cc1. The Balaban J connectivity index is 1.36. The van der Waals surface area contributed by atoms with E-state index in [1.807, 2.05) is 6.07 Å². The van der Waals surface area contributed by atoms with Gasteiger partial charge in [0.2, 0.25) is 0 Å². The highest BCUT2D eigenvalue weighted by atomic mass is 16.5. The lowest BCUT2D eigenvalue weighted by Crippen LogP contribution is -2.58. The summed E-state index contributed by atoms with van der Waals surface area (Å²) in [6, 6.07) is 10.4. The summed E-state index contributed by atoms with van der Waals surface area (Å²) in [5, 5.41) is 6.90. The number of benzene rings is 1. The second-order valence-electron chi connectivity index (χ2n) is 5.44. The zero-order valence-corrected chi connectivity index (χ0v) is 11.3. The van der Waals surface area contributed by atoms with Gasteiger partial charge in [-0.15, -0.1) is 0 Å². The smallest absolute Gasteiger partial charge is 0.0831 e. The minimum Gasteiger partial charge on any atom is -0.385 e. The van der Waals surface area contributed by atoms with E-state index in [1.165, 1.54) is 12.1 Å². The van der Waals surface area contributed by atoms with Crippen molar-refractivity contribution in [1.29, 1.82) is 0 Å². The highest BCUT2D eigenvalue weighted by Crippen LogP contribution is 2.14. The first-order valence-corrected chi connectivity index (χ1v) is 7.27. The molecule has 0 radical (unpaired) electrons. The topological polar surface area (TPSA) is 36.5 Å². The van der Waals surface area contributed by atoms with Crippen LogP contribution < -0.4 is 10.6 Å². The van der Waals surface area contributed by atoms with Crippen molar-refractivity contribution in [2.24, 2.45) is 0 Å². The zero-order valence-electron chi connectivity index (χ0n) is 11.3. The fourth-order valence-electron chi connectivity index (χ4n) is 2.91. The van der Waals surface area contributed by atoms with Crippen molar-refractivity contribution in [1.82, 2.24) is 10.2 Å². The van der Waals surface area contributed by atoms with E-state index in [9.17, 15) is 0 Å². The molecule has 0 aliphatic carbocycles. The molecule has 4 heteroatoms. The Kier molecular flexibility index (Phi) is 4.33. The molecule has 3 rings (SSSR count). The molecule has 2 aliphatic rings. The number of para-hydroxylation sites is 1. The normalized spacial score (nSPS) is 27.2. The first kappa shape index (κ1) is 12.9. The Labute approximate surface area is 115 Å². The highest BCUT2D eigenvalue weighted by Gasteiger charge is 2.30. The summed E-state index contributed by atoms with van der Waals surface area (Å²) in [5.74, 6) is 0. The molecule has 2 N–H and O–H groups in total. The van der Waals surface area contributed by atoms with Crippen LogP contribution in [0.4, 0.5) is 5.69 Å². The summed E-state index contributed by atoms with van der Waals surface area (Å²) in [4.78, 5) is 2.55. The summed E-state index contributed by atoms with van der Waals surface area (Å²) in [6.07, 6.45) is 1.98. The van der Waals surface area contributed by atoms with Gasteiger partial charge < -0.3 is 15.4 Å². The molecule has 0 spiro atoms. The summed E-state index contributed by atoms with van der Waals surface area (Å²) in [7, 11) is 0. The van der Waals surface area contributed by atoms with Gasteiger partial charge in [-0.3, -0.25) is 4.90 Å². The predicted octanol–water partition coefficient (Wildman–Crippen LogP) is 1.16. The van der Waals surface area contributed by atoms with Crippen molar-refractivity contribution in [3.05, 3.63) is 30.3 Å². The van der Waals surface area contributed by atoms with Crippen molar-refractivity contribution < 1.29 is 4.74 Å². The van der Waals surface area contributed by atoms with Crippen LogP contribution in [-0.4, -0.2) is 56.4 Å². The molecule has 1 aromatic rings. The maximum atomic E-state index is 5.91. The van der Waals surface area contributed by atoms with Crippen LogP contribution in [0.25, 0.3) is 0 Å². The highest BCUT2D eigenvalue weighted by molar-refractivity contribution is 5.42. The van der Waals surface area contributed by atoms with E-state index < -0.39 is 0 Å². The van der Waals surface area contributed by atoms with Gasteiger partial charge in [0.25, 0.3) is 0 Å². The maximum absolute atomic E-state index is 5.91. The molecule has 0 saturated carbocycles. The molecule has 0 amide bonds. The van der Waals surface area contributed by atoms with Gasteiger partial charge in [-0.2, -0.15) is 0 Å². The zero-order chi connectivity index (χ0) is 12.9. The molecule has 2 bridgehead atoms. The number of hydrogen-bond donors (Lipinski definition) is 2. The number of fused-ring (bicyclic) bond motifs is 2. The van der Waals surface area contributed by atoms with Crippen molar-refractivity contribution in [2.75, 3.05) is 44.6 Å². The van der Waals surface area contributed by atoms with E-state index >= 15 is 0 Å². The number of rotatable bonds is 5. The summed E-state index contributed by atoms with van der Waals surface area (Å²) in [5.41, 5.74) is 1.21. The van der Waals surface area contributed by atoms with Gasteiger partial charge in [-0.25, -0.2) is 0 Å². The number of nitrogens with one attached hydrogen (secondary N) is 2. The van der Waals surface area contributed by atoms with Gasteiger partial charge in [0.15, 0.2) is 0 Å². The van der Waals surface area contributed by atoms with Gasteiger partial charge >= 0.3 is 0 Å². The second-order valence-corrected chi connectivity index (χ2v) is 5.44. The third kappa shape index (κ3) is 3.69. The summed E-state index contributed by atoms with van der Waals surface area (Å²) >= 11 is 0. The van der Waals surface area contributed by atoms with E-state index in [2.05, 4.69) is 39.8 Å². The molecule has 19 heavy (non-hydrogen) atoms. The van der Waals surface area contributed by atoms with Gasteiger partial charge in [-0.1, -0.05) is 18.2 Å². The quantitative estimate of drug-likeness (QED) is 0.780. The Hall–Kier alpha value is -1.10. The van der Waals surface area contributed by atoms with Gasteiger partial charge in [0.05, 0.1) is 12.2 Å². The van der Waals surface area contributed by atoms with Crippen LogP contribution in [0, 0.1) is 0 Å². The van der Waals surface area contributed by atoms with Crippen molar-refractivity contribution in [3.63, 3.8) is 0 Å². The third-order valence-corrected chi connectivity index (χ3v) is 3.81. The van der Waals surface area contributed by atoms with Crippen molar-refractivity contribution in [2.45, 2.75) is 18.6 Å². The Bertz CT molecular complexity index is 372. The molecule has 4 nitrogen and oxygen atoms in total. The molecule has 104 valence electrons. The Morgan fingerprint density at radius 1 is 1.16 bits per heavy atom. The molecular formula is C15H23N3O. The van der Waals surface area contributed by atoms with Crippen LogP contribution in [0.5, 0.6) is 0 Å². The number of anilines is 1. The van der Waals surface area contributed by atoms with Crippen molar-refractivity contribution >= 4 is 5.69 Å². The molecular weight excluding hydrogens is 238 g/mol. The largest absolute Gasteiger partial charge is 0.385 e. The lowest BCUT2D eigenvalue weighted by molar-refractivity contribution is -0.102. The Morgan fingerprint density at radius 3 is 2.63 bits per heavy atom. The number of nitrogens with zero attached hydrogens (tertiary/aromatic N) is 1. The standard InChI is InChI=1S/C15H23N3O/c1-2-5-13(6-3-1)17-7-4-8-18-11-14-9-16-10-15(12-18)19-14/h1-3,5-6,14-17H,4,7-12H2. The lowest BCUT2D eigenvalue weighted by atomic mass is 10.1. The van der Waals surface area contributed by atoms with Crippen LogP contribution >= 0.6 is 0 Å². The molecule has 0 aromatic heterocycles. The molecule has 2 saturated heterocycles.